The molecule has 0 radical (unpaired) electrons. The largest absolute Gasteiger partial charge is 0.495 e. The van der Waals surface area contributed by atoms with Gasteiger partial charge in [-0.15, -0.1) is 0 Å². The van der Waals surface area contributed by atoms with Crippen molar-refractivity contribution in [2.45, 2.75) is 33.1 Å². The van der Waals surface area contributed by atoms with Crippen molar-refractivity contribution in [3.8, 4) is 17.2 Å². The zero-order chi connectivity index (χ0) is 24.2. The van der Waals surface area contributed by atoms with E-state index in [0.29, 0.717) is 28.8 Å². The maximum atomic E-state index is 12.6. The van der Waals surface area contributed by atoms with E-state index in [0.717, 1.165) is 23.1 Å². The molecule has 0 aliphatic heterocycles. The van der Waals surface area contributed by atoms with E-state index in [2.05, 4.69) is 42.5 Å². The summed E-state index contributed by atoms with van der Waals surface area (Å²) in [6.07, 6.45) is 0.914. The molecule has 6 nitrogen and oxygen atoms in total. The summed E-state index contributed by atoms with van der Waals surface area (Å²) in [6, 6.07) is 19.0. The molecule has 4 rings (SSSR count). The highest BCUT2D eigenvalue weighted by Gasteiger charge is 2.15. The molecule has 0 saturated heterocycles. The van der Waals surface area contributed by atoms with Gasteiger partial charge in [-0.1, -0.05) is 39.0 Å². The highest BCUT2D eigenvalue weighted by Crippen LogP contribution is 2.32. The molecule has 0 aliphatic carbocycles. The summed E-state index contributed by atoms with van der Waals surface area (Å²) in [5.74, 6) is 1.19. The van der Waals surface area contributed by atoms with Gasteiger partial charge in [-0.05, 0) is 78.1 Å². The molecule has 34 heavy (non-hydrogen) atoms. The molecule has 1 aromatic heterocycles. The Balaban J connectivity index is 1.54. The van der Waals surface area contributed by atoms with Crippen molar-refractivity contribution < 1.29 is 13.9 Å². The van der Waals surface area contributed by atoms with Crippen LogP contribution in [0.5, 0.6) is 5.75 Å². The van der Waals surface area contributed by atoms with E-state index in [1.54, 1.807) is 25.3 Å². The van der Waals surface area contributed by atoms with Crippen LogP contribution in [0.15, 0.2) is 65.1 Å². The maximum Gasteiger partial charge on any atom is 0.257 e. The summed E-state index contributed by atoms with van der Waals surface area (Å²) < 4.78 is 11.4. The quantitative estimate of drug-likeness (QED) is 0.319. The van der Waals surface area contributed by atoms with E-state index in [1.165, 1.54) is 11.1 Å². The molecule has 1 heterocycles. The number of hydrogen-bond acceptors (Lipinski definition) is 5. The normalized spacial score (nSPS) is 11.0. The van der Waals surface area contributed by atoms with Gasteiger partial charge >= 0.3 is 0 Å². The average Bonchev–Trinajstić information content (AvgIpc) is 3.27. The molecule has 0 bridgehead atoms. The molecule has 3 aromatic carbocycles. The molecular formula is C27H27N3O3S. The summed E-state index contributed by atoms with van der Waals surface area (Å²) in [4.78, 5) is 17.2. The Morgan fingerprint density at radius 3 is 2.53 bits per heavy atom. The van der Waals surface area contributed by atoms with E-state index >= 15 is 0 Å². The SMILES string of the molecule is CCc1ccc(C(=O)NC(=S)Nc2cc(-c3nc4cc(C(C)C)ccc4o3)ccc2OC)cc1. The fraction of sp³-hybridized carbons (Fsp3) is 0.222. The Morgan fingerprint density at radius 1 is 1.09 bits per heavy atom. The number of amides is 1. The van der Waals surface area contributed by atoms with Crippen LogP contribution in [0.2, 0.25) is 0 Å². The molecule has 0 atom stereocenters. The lowest BCUT2D eigenvalue weighted by Crippen LogP contribution is -2.34. The van der Waals surface area contributed by atoms with Crippen molar-refractivity contribution in [1.82, 2.24) is 10.3 Å². The van der Waals surface area contributed by atoms with Crippen LogP contribution in [0.3, 0.4) is 0 Å². The maximum absolute atomic E-state index is 12.6. The second-order valence-electron chi connectivity index (χ2n) is 8.27. The molecule has 4 aromatic rings. The topological polar surface area (TPSA) is 76.4 Å². The smallest absolute Gasteiger partial charge is 0.257 e. The third-order valence-electron chi connectivity index (χ3n) is 5.62. The molecule has 7 heteroatoms. The van der Waals surface area contributed by atoms with Crippen molar-refractivity contribution in [3.05, 3.63) is 77.4 Å². The second kappa shape index (κ2) is 10.1. The molecule has 2 N–H and O–H groups in total. The monoisotopic (exact) mass is 473 g/mol. The van der Waals surface area contributed by atoms with Crippen LogP contribution >= 0.6 is 12.2 Å². The molecule has 0 spiro atoms. The van der Waals surface area contributed by atoms with Crippen LogP contribution in [-0.4, -0.2) is 23.1 Å². The standard InChI is InChI=1S/C27H27N3O3S/c1-5-17-6-8-18(9-7-17)25(31)30-27(34)29-21-15-20(11-12-23(21)32-4)26-28-22-14-19(16(2)3)10-13-24(22)33-26/h6-16H,5H2,1-4H3,(H2,29,30,31,34). The minimum Gasteiger partial charge on any atom is -0.495 e. The average molecular weight is 474 g/mol. The van der Waals surface area contributed by atoms with Crippen LogP contribution < -0.4 is 15.4 Å². The van der Waals surface area contributed by atoms with Gasteiger partial charge < -0.3 is 14.5 Å². The number of anilines is 1. The van der Waals surface area contributed by atoms with E-state index in [9.17, 15) is 4.79 Å². The number of fused-ring (bicyclic) bond motifs is 1. The van der Waals surface area contributed by atoms with Gasteiger partial charge in [-0.25, -0.2) is 4.98 Å². The van der Waals surface area contributed by atoms with Crippen LogP contribution in [0.25, 0.3) is 22.6 Å². The summed E-state index contributed by atoms with van der Waals surface area (Å²) in [6.45, 7) is 6.36. The third kappa shape index (κ3) is 5.10. The molecule has 0 unspecified atom stereocenters. The van der Waals surface area contributed by atoms with E-state index < -0.39 is 0 Å². The summed E-state index contributed by atoms with van der Waals surface area (Å²) >= 11 is 5.38. The van der Waals surface area contributed by atoms with Gasteiger partial charge in [0.15, 0.2) is 10.7 Å². The number of oxazole rings is 1. The number of nitrogens with zero attached hydrogens (tertiary/aromatic N) is 1. The third-order valence-corrected chi connectivity index (χ3v) is 5.83. The molecule has 1 amide bonds. The highest BCUT2D eigenvalue weighted by molar-refractivity contribution is 7.80. The van der Waals surface area contributed by atoms with Gasteiger partial charge in [0.2, 0.25) is 5.89 Å². The van der Waals surface area contributed by atoms with E-state index in [4.69, 9.17) is 21.4 Å². The summed E-state index contributed by atoms with van der Waals surface area (Å²) in [7, 11) is 1.57. The predicted molar refractivity (Wildman–Crippen MR) is 140 cm³/mol. The Bertz CT molecular complexity index is 1340. The lowest BCUT2D eigenvalue weighted by molar-refractivity contribution is 0.0977. The van der Waals surface area contributed by atoms with Crippen LogP contribution in [0, 0.1) is 0 Å². The summed E-state index contributed by atoms with van der Waals surface area (Å²) in [5.41, 5.74) is 5.79. The number of nitrogens with one attached hydrogen (secondary N) is 2. The van der Waals surface area contributed by atoms with Gasteiger partial charge in [-0.3, -0.25) is 10.1 Å². The van der Waals surface area contributed by atoms with Gasteiger partial charge in [0.25, 0.3) is 5.91 Å². The first-order chi connectivity index (χ1) is 16.4. The number of thiocarbonyl (C=S) groups is 1. The lowest BCUT2D eigenvalue weighted by Gasteiger charge is -2.13. The molecule has 174 valence electrons. The number of ether oxygens (including phenoxy) is 1. The van der Waals surface area contributed by atoms with Crippen molar-refractivity contribution in [1.29, 1.82) is 0 Å². The number of benzene rings is 3. The molecule has 0 aliphatic rings. The molecule has 0 fully saturated rings. The second-order valence-corrected chi connectivity index (χ2v) is 8.68. The first-order valence-electron chi connectivity index (χ1n) is 11.2. The Morgan fingerprint density at radius 2 is 1.85 bits per heavy atom. The number of carbonyl (C=O) groups excluding carboxylic acids is 1. The lowest BCUT2D eigenvalue weighted by atomic mass is 10.0. The first-order valence-corrected chi connectivity index (χ1v) is 11.6. The van der Waals surface area contributed by atoms with Crippen molar-refractivity contribution in [2.24, 2.45) is 0 Å². The van der Waals surface area contributed by atoms with Gasteiger partial charge in [-0.2, -0.15) is 0 Å². The first kappa shape index (κ1) is 23.4. The van der Waals surface area contributed by atoms with Crippen molar-refractivity contribution in [3.63, 3.8) is 0 Å². The number of hydrogen-bond donors (Lipinski definition) is 2. The van der Waals surface area contributed by atoms with Crippen LogP contribution in [0.1, 0.15) is 48.2 Å². The predicted octanol–water partition coefficient (Wildman–Crippen LogP) is 6.32. The van der Waals surface area contributed by atoms with Gasteiger partial charge in [0.1, 0.15) is 11.3 Å². The fourth-order valence-corrected chi connectivity index (χ4v) is 3.79. The molecular weight excluding hydrogens is 446 g/mol. The van der Waals surface area contributed by atoms with Crippen molar-refractivity contribution in [2.75, 3.05) is 12.4 Å². The Hall–Kier alpha value is -3.71. The highest BCUT2D eigenvalue weighted by atomic mass is 32.1. The number of methoxy groups -OCH3 is 1. The number of carbonyl (C=O) groups is 1. The van der Waals surface area contributed by atoms with E-state index in [1.807, 2.05) is 36.4 Å². The minimum atomic E-state index is -0.282. The van der Waals surface area contributed by atoms with Gasteiger partial charge in [0.05, 0.1) is 12.8 Å². The number of aryl methyl sites for hydroxylation is 1. The van der Waals surface area contributed by atoms with Crippen LogP contribution in [0.4, 0.5) is 5.69 Å². The fourth-order valence-electron chi connectivity index (χ4n) is 3.59. The van der Waals surface area contributed by atoms with Crippen molar-refractivity contribution >= 4 is 40.0 Å². The van der Waals surface area contributed by atoms with Crippen LogP contribution in [-0.2, 0) is 6.42 Å². The zero-order valence-electron chi connectivity index (χ0n) is 19.6. The van der Waals surface area contributed by atoms with E-state index in [-0.39, 0.29) is 11.0 Å². The zero-order valence-corrected chi connectivity index (χ0v) is 20.5. The minimum absolute atomic E-state index is 0.166. The number of aromatic nitrogens is 1. The number of rotatable bonds is 6. The molecule has 0 saturated carbocycles. The summed E-state index contributed by atoms with van der Waals surface area (Å²) in [5, 5.41) is 5.94. The Kier molecular flexibility index (Phi) is 6.93. The Labute approximate surface area is 204 Å². The van der Waals surface area contributed by atoms with Gasteiger partial charge in [0, 0.05) is 11.1 Å².